The summed E-state index contributed by atoms with van der Waals surface area (Å²) in [6.45, 7) is 8.52. The van der Waals surface area contributed by atoms with E-state index in [2.05, 4.69) is 6.58 Å². The number of rotatable bonds is 1. The highest BCUT2D eigenvalue weighted by atomic mass is 16.7. The van der Waals surface area contributed by atoms with E-state index in [4.69, 9.17) is 18.9 Å². The zero-order valence-corrected chi connectivity index (χ0v) is 17.5. The molecule has 3 saturated heterocycles. The molecule has 6 rings (SSSR count). The average Bonchev–Trinajstić information content (AvgIpc) is 3.24. The minimum absolute atomic E-state index is 0.0991. The first-order valence-electron chi connectivity index (χ1n) is 10.7. The lowest BCUT2D eigenvalue weighted by Crippen LogP contribution is -2.79. The van der Waals surface area contributed by atoms with Gasteiger partial charge < -0.3 is 34.3 Å². The second kappa shape index (κ2) is 5.40. The quantitative estimate of drug-likeness (QED) is 0.383. The van der Waals surface area contributed by atoms with E-state index >= 15 is 0 Å². The summed E-state index contributed by atoms with van der Waals surface area (Å²) in [5, 5.41) is 33.2. The van der Waals surface area contributed by atoms with E-state index in [0.29, 0.717) is 11.1 Å². The third-order valence-corrected chi connectivity index (χ3v) is 8.70. The lowest BCUT2D eigenvalue weighted by atomic mass is 9.41. The highest BCUT2D eigenvalue weighted by molar-refractivity contribution is 5.87. The molecular weight excluding hydrogens is 408 g/mol. The van der Waals surface area contributed by atoms with Gasteiger partial charge in [-0.15, -0.1) is 0 Å². The van der Waals surface area contributed by atoms with Crippen LogP contribution >= 0.6 is 0 Å². The molecule has 0 aromatic heterocycles. The van der Waals surface area contributed by atoms with Crippen LogP contribution in [0.3, 0.4) is 0 Å². The number of aliphatic hydroxyl groups excluding tert-OH is 1. The van der Waals surface area contributed by atoms with E-state index in [1.807, 2.05) is 0 Å². The predicted molar refractivity (Wildman–Crippen MR) is 101 cm³/mol. The van der Waals surface area contributed by atoms with Gasteiger partial charge >= 0.3 is 11.9 Å². The molecule has 2 spiro atoms. The van der Waals surface area contributed by atoms with Gasteiger partial charge in [-0.25, -0.2) is 0 Å². The molecule has 2 saturated carbocycles. The zero-order chi connectivity index (χ0) is 22.3. The molecule has 2 bridgehead atoms. The Hall–Kier alpha value is -1.78. The summed E-state index contributed by atoms with van der Waals surface area (Å²) in [5.74, 6) is -4.70. The van der Waals surface area contributed by atoms with Gasteiger partial charge in [0.2, 0.25) is 5.79 Å². The average molecular weight is 434 g/mol. The van der Waals surface area contributed by atoms with Crippen molar-refractivity contribution in [2.24, 2.45) is 23.2 Å². The first-order valence-corrected chi connectivity index (χ1v) is 10.7. The van der Waals surface area contributed by atoms with Gasteiger partial charge in [0.15, 0.2) is 6.29 Å². The molecule has 11 atom stereocenters. The van der Waals surface area contributed by atoms with Crippen LogP contribution < -0.4 is 0 Å². The molecule has 3 N–H and O–H groups in total. The van der Waals surface area contributed by atoms with E-state index in [-0.39, 0.29) is 12.8 Å². The van der Waals surface area contributed by atoms with Crippen molar-refractivity contribution in [3.63, 3.8) is 0 Å². The van der Waals surface area contributed by atoms with Crippen molar-refractivity contribution in [2.45, 2.75) is 75.2 Å². The Morgan fingerprint density at radius 2 is 2.06 bits per heavy atom. The van der Waals surface area contributed by atoms with Crippen LogP contribution in [0.1, 0.15) is 33.6 Å². The van der Waals surface area contributed by atoms with Crippen molar-refractivity contribution in [1.82, 2.24) is 0 Å². The fourth-order valence-corrected chi connectivity index (χ4v) is 7.74. The molecule has 0 radical (unpaired) electrons. The van der Waals surface area contributed by atoms with Crippen molar-refractivity contribution in [1.29, 1.82) is 0 Å². The third-order valence-electron chi connectivity index (χ3n) is 8.70. The second-order valence-electron chi connectivity index (χ2n) is 10.2. The highest BCUT2D eigenvalue weighted by Crippen LogP contribution is 2.79. The topological polar surface area (TPSA) is 132 Å². The van der Waals surface area contributed by atoms with Crippen LogP contribution in [0.4, 0.5) is 0 Å². The van der Waals surface area contributed by atoms with Gasteiger partial charge in [0.05, 0.1) is 5.60 Å². The van der Waals surface area contributed by atoms with Crippen LogP contribution in [0, 0.1) is 23.2 Å². The molecule has 31 heavy (non-hydrogen) atoms. The van der Waals surface area contributed by atoms with Crippen molar-refractivity contribution in [3.8, 4) is 0 Å². The maximum Gasteiger partial charge on any atom is 0.319 e. The van der Waals surface area contributed by atoms with Gasteiger partial charge in [-0.3, -0.25) is 9.59 Å². The summed E-state index contributed by atoms with van der Waals surface area (Å²) < 4.78 is 23.5. The molecule has 6 aliphatic rings. The van der Waals surface area contributed by atoms with Gasteiger partial charge in [0.1, 0.15) is 29.3 Å². The number of hydrogen-bond donors (Lipinski definition) is 3. The zero-order valence-electron chi connectivity index (χ0n) is 17.5. The molecule has 9 nitrogen and oxygen atoms in total. The number of carbonyl (C=O) groups excluding carboxylic acids is 2. The SMILES string of the molecule is C=C1[C@@H](O)O[C@H]2[C@H]1C[C@H](OC(C)=O)[C@]13C(=O)O[C@H]4C[C@](C)(O)[C@H]([C@H]41)C31C=C(C)[C@]2(O)O1. The largest absolute Gasteiger partial charge is 0.461 e. The maximum absolute atomic E-state index is 13.5. The van der Waals surface area contributed by atoms with Crippen LogP contribution in [0.15, 0.2) is 23.8 Å². The highest BCUT2D eigenvalue weighted by Gasteiger charge is 2.92. The molecule has 4 aliphatic heterocycles. The minimum atomic E-state index is -1.94. The molecule has 0 aromatic rings. The van der Waals surface area contributed by atoms with Gasteiger partial charge in [0, 0.05) is 31.1 Å². The van der Waals surface area contributed by atoms with E-state index < -0.39 is 76.7 Å². The molecule has 0 amide bonds. The van der Waals surface area contributed by atoms with E-state index in [9.17, 15) is 24.9 Å². The van der Waals surface area contributed by atoms with Crippen LogP contribution in [-0.2, 0) is 28.5 Å². The lowest BCUT2D eigenvalue weighted by molar-refractivity contribution is -0.371. The molecule has 168 valence electrons. The fourth-order valence-electron chi connectivity index (χ4n) is 7.74. The standard InChI is InChI=1S/C22H26O9/c1-8-6-20-15-14-12(7-19(15,4)26)29-18(25)21(14,20)13(28-10(3)23)5-11-9(2)17(24)30-16(11)22(8,27)31-20/h6,11-17,24,26-27H,2,5,7H2,1,3-4H3/t11-,12-,13-,14-,15-,16-,17-,19-,20?,21+,22-/m0/s1. The normalized spacial score (nSPS) is 58.4. The van der Waals surface area contributed by atoms with Crippen LogP contribution in [0.25, 0.3) is 0 Å². The third kappa shape index (κ3) is 1.89. The van der Waals surface area contributed by atoms with E-state index in [0.717, 1.165) is 0 Å². The van der Waals surface area contributed by atoms with Gasteiger partial charge in [-0.1, -0.05) is 6.58 Å². The Labute approximate surface area is 178 Å². The molecule has 5 fully saturated rings. The Morgan fingerprint density at radius 3 is 2.74 bits per heavy atom. The number of fused-ring (bicyclic) bond motifs is 3. The van der Waals surface area contributed by atoms with Crippen LogP contribution in [0.5, 0.6) is 0 Å². The predicted octanol–water partition coefficient (Wildman–Crippen LogP) is -0.0722. The fraction of sp³-hybridized carbons (Fsp3) is 0.727. The smallest absolute Gasteiger partial charge is 0.319 e. The molecule has 0 aromatic carbocycles. The first-order chi connectivity index (χ1) is 14.4. The number of aliphatic hydroxyl groups is 3. The summed E-state index contributed by atoms with van der Waals surface area (Å²) >= 11 is 0. The number of carbonyl (C=O) groups is 2. The Bertz CT molecular complexity index is 970. The summed E-state index contributed by atoms with van der Waals surface area (Å²) in [5.41, 5.74) is -3.35. The Kier molecular flexibility index (Phi) is 3.46. The lowest BCUT2D eigenvalue weighted by Gasteiger charge is -2.65. The molecule has 1 unspecified atom stereocenters. The van der Waals surface area contributed by atoms with Crippen molar-refractivity contribution in [2.75, 3.05) is 0 Å². The van der Waals surface area contributed by atoms with Crippen LogP contribution in [0.2, 0.25) is 0 Å². The molecule has 2 aliphatic carbocycles. The van der Waals surface area contributed by atoms with Gasteiger partial charge in [-0.05, 0) is 37.5 Å². The second-order valence-corrected chi connectivity index (χ2v) is 10.2. The van der Waals surface area contributed by atoms with E-state index in [1.165, 1.54) is 6.92 Å². The summed E-state index contributed by atoms with van der Waals surface area (Å²) in [4.78, 5) is 25.6. The Morgan fingerprint density at radius 1 is 1.35 bits per heavy atom. The molecular formula is C22H26O9. The van der Waals surface area contributed by atoms with Crippen molar-refractivity contribution < 1.29 is 43.9 Å². The van der Waals surface area contributed by atoms with Gasteiger partial charge in [0.25, 0.3) is 0 Å². The van der Waals surface area contributed by atoms with Crippen molar-refractivity contribution in [3.05, 3.63) is 23.8 Å². The first kappa shape index (κ1) is 19.9. The van der Waals surface area contributed by atoms with Gasteiger partial charge in [-0.2, -0.15) is 0 Å². The minimum Gasteiger partial charge on any atom is -0.461 e. The summed E-state index contributed by atoms with van der Waals surface area (Å²) in [6.07, 6.45) is -1.85. The van der Waals surface area contributed by atoms with Crippen molar-refractivity contribution >= 4 is 11.9 Å². The maximum atomic E-state index is 13.5. The molecule has 9 heteroatoms. The van der Waals surface area contributed by atoms with E-state index in [1.54, 1.807) is 19.9 Å². The van der Waals surface area contributed by atoms with Crippen LogP contribution in [-0.4, -0.2) is 68.8 Å². The summed E-state index contributed by atoms with van der Waals surface area (Å²) in [6, 6.07) is 0. The number of esters is 2. The number of hydrogen-bond acceptors (Lipinski definition) is 9. The Balaban J connectivity index is 1.61. The molecule has 4 heterocycles. The summed E-state index contributed by atoms with van der Waals surface area (Å²) in [7, 11) is 0. The number of ether oxygens (including phenoxy) is 4. The monoisotopic (exact) mass is 434 g/mol.